The molecular weight excluding hydrogens is 901 g/mol. The standard InChI is InChI=1S/C67H112O6/c1-4-7-10-13-16-19-22-25-28-31-33-36-39-42-45-48-51-54-57-60-66(69)72-63-64(62-71-65(68)59-56-53-50-47-44-41-38-35-30-27-24-21-18-15-12-9-6-3)73-67(70)61-58-55-52-49-46-43-40-37-34-32-29-26-23-20-17-14-11-8-5-2/h8,11,17,20,25-30,34,37-38,41,43,46-47,50,64H,4-7,9-10,12-16,18-19,21-24,31-33,35-36,39-40,42,44-45,48-49,51-63H2,1-3H3/b11-8-,20-17-,28-25-,29-26-,30-27-,37-34-,41-38-,46-43-,50-47-/t64-/m0/s1. The lowest BCUT2D eigenvalue weighted by Gasteiger charge is -2.18. The summed E-state index contributed by atoms with van der Waals surface area (Å²) in [6, 6.07) is 0. The van der Waals surface area contributed by atoms with Crippen LogP contribution in [0.3, 0.4) is 0 Å². The number of unbranched alkanes of at least 4 members (excludes halogenated alkanes) is 25. The fraction of sp³-hybridized carbons (Fsp3) is 0.687. The van der Waals surface area contributed by atoms with Crippen LogP contribution in [0.2, 0.25) is 0 Å². The molecule has 416 valence electrons. The van der Waals surface area contributed by atoms with Crippen LogP contribution in [0.4, 0.5) is 0 Å². The van der Waals surface area contributed by atoms with Crippen molar-refractivity contribution < 1.29 is 28.6 Å². The van der Waals surface area contributed by atoms with Crippen LogP contribution in [0.15, 0.2) is 109 Å². The van der Waals surface area contributed by atoms with Crippen molar-refractivity contribution in [1.29, 1.82) is 0 Å². The van der Waals surface area contributed by atoms with E-state index >= 15 is 0 Å². The molecule has 0 aliphatic rings. The molecule has 0 aromatic carbocycles. The van der Waals surface area contributed by atoms with E-state index in [1.807, 2.05) is 0 Å². The van der Waals surface area contributed by atoms with Crippen LogP contribution in [0.25, 0.3) is 0 Å². The van der Waals surface area contributed by atoms with Gasteiger partial charge in [0.1, 0.15) is 13.2 Å². The largest absolute Gasteiger partial charge is 0.462 e. The second kappa shape index (κ2) is 60.6. The van der Waals surface area contributed by atoms with Crippen molar-refractivity contribution in [3.8, 4) is 0 Å². The first-order chi connectivity index (χ1) is 36.0. The molecule has 1 atom stereocenters. The first kappa shape index (κ1) is 69.1. The van der Waals surface area contributed by atoms with Gasteiger partial charge in [0.05, 0.1) is 0 Å². The number of ether oxygens (including phenoxy) is 3. The third kappa shape index (κ3) is 58.8. The molecule has 0 fully saturated rings. The van der Waals surface area contributed by atoms with Crippen molar-refractivity contribution in [2.45, 2.75) is 284 Å². The fourth-order valence-corrected chi connectivity index (χ4v) is 8.19. The molecule has 0 spiro atoms. The Morgan fingerprint density at radius 3 is 0.918 bits per heavy atom. The summed E-state index contributed by atoms with van der Waals surface area (Å²) < 4.78 is 16.8. The third-order valence-corrected chi connectivity index (χ3v) is 12.7. The van der Waals surface area contributed by atoms with E-state index in [-0.39, 0.29) is 44.0 Å². The number of rotatable bonds is 54. The highest BCUT2D eigenvalue weighted by atomic mass is 16.6. The van der Waals surface area contributed by atoms with Gasteiger partial charge in [0.25, 0.3) is 0 Å². The van der Waals surface area contributed by atoms with E-state index in [0.717, 1.165) is 89.9 Å². The topological polar surface area (TPSA) is 78.9 Å². The number of hydrogen-bond donors (Lipinski definition) is 0. The summed E-state index contributed by atoms with van der Waals surface area (Å²) in [5, 5.41) is 0. The van der Waals surface area contributed by atoms with Gasteiger partial charge < -0.3 is 14.2 Å². The number of carbonyl (C=O) groups excluding carboxylic acids is 3. The summed E-state index contributed by atoms with van der Waals surface area (Å²) in [7, 11) is 0. The summed E-state index contributed by atoms with van der Waals surface area (Å²) in [6.07, 6.45) is 82.3. The lowest BCUT2D eigenvalue weighted by atomic mass is 10.1. The Hall–Kier alpha value is -3.93. The van der Waals surface area contributed by atoms with E-state index in [0.29, 0.717) is 19.3 Å². The summed E-state index contributed by atoms with van der Waals surface area (Å²) in [5.41, 5.74) is 0. The Morgan fingerprint density at radius 2 is 0.548 bits per heavy atom. The number of allylic oxidation sites excluding steroid dienone is 18. The number of esters is 3. The van der Waals surface area contributed by atoms with Gasteiger partial charge >= 0.3 is 17.9 Å². The molecule has 0 rings (SSSR count). The maximum atomic E-state index is 12.9. The van der Waals surface area contributed by atoms with Gasteiger partial charge in [-0.15, -0.1) is 0 Å². The minimum atomic E-state index is -0.820. The Kier molecular flexibility index (Phi) is 57.4. The lowest BCUT2D eigenvalue weighted by molar-refractivity contribution is -0.167. The van der Waals surface area contributed by atoms with E-state index in [1.54, 1.807) is 0 Å². The van der Waals surface area contributed by atoms with E-state index < -0.39 is 6.10 Å². The third-order valence-electron chi connectivity index (χ3n) is 12.7. The van der Waals surface area contributed by atoms with Gasteiger partial charge in [-0.3, -0.25) is 14.4 Å². The summed E-state index contributed by atoms with van der Waals surface area (Å²) in [5.74, 6) is -0.995. The molecule has 0 aromatic rings. The van der Waals surface area contributed by atoms with E-state index in [1.165, 1.54) is 135 Å². The summed E-state index contributed by atoms with van der Waals surface area (Å²) in [4.78, 5) is 38.2. The van der Waals surface area contributed by atoms with Gasteiger partial charge in [0, 0.05) is 19.3 Å². The van der Waals surface area contributed by atoms with Crippen molar-refractivity contribution in [3.05, 3.63) is 109 Å². The van der Waals surface area contributed by atoms with Crippen LogP contribution < -0.4 is 0 Å². The molecule has 0 aromatic heterocycles. The fourth-order valence-electron chi connectivity index (χ4n) is 8.19. The minimum Gasteiger partial charge on any atom is -0.462 e. The van der Waals surface area contributed by atoms with Crippen LogP contribution in [-0.4, -0.2) is 37.2 Å². The monoisotopic (exact) mass is 1010 g/mol. The highest BCUT2D eigenvalue weighted by Gasteiger charge is 2.19. The number of hydrogen-bond acceptors (Lipinski definition) is 6. The van der Waals surface area contributed by atoms with Gasteiger partial charge in [-0.05, 0) is 122 Å². The Labute approximate surface area is 450 Å². The highest BCUT2D eigenvalue weighted by molar-refractivity contribution is 5.71. The first-order valence-corrected chi connectivity index (χ1v) is 30.4. The molecule has 0 aliphatic heterocycles. The van der Waals surface area contributed by atoms with Crippen molar-refractivity contribution in [2.24, 2.45) is 0 Å². The van der Waals surface area contributed by atoms with Crippen LogP contribution in [0.1, 0.15) is 278 Å². The molecule has 0 N–H and O–H groups in total. The SMILES string of the molecule is CC/C=C\C/C=C\C/C=C\C/C=C\C/C=C\CCCCCC(=O)O[C@@H](COC(=O)CCC/C=C\C/C=C\C/C=C\CCCCCCCC)COC(=O)CCCCCCCCCCC/C=C\CCCCCCCC. The molecule has 0 aliphatic carbocycles. The van der Waals surface area contributed by atoms with Gasteiger partial charge in [0.15, 0.2) is 6.10 Å². The zero-order chi connectivity index (χ0) is 52.9. The van der Waals surface area contributed by atoms with Crippen molar-refractivity contribution >= 4 is 17.9 Å². The molecular formula is C67H112O6. The van der Waals surface area contributed by atoms with Gasteiger partial charge in [-0.1, -0.05) is 246 Å². The smallest absolute Gasteiger partial charge is 0.306 e. The number of carbonyl (C=O) groups is 3. The summed E-state index contributed by atoms with van der Waals surface area (Å²) >= 11 is 0. The van der Waals surface area contributed by atoms with Crippen LogP contribution in [-0.2, 0) is 28.6 Å². The maximum Gasteiger partial charge on any atom is 0.306 e. The molecule has 0 saturated heterocycles. The predicted molar refractivity (Wildman–Crippen MR) is 316 cm³/mol. The molecule has 0 saturated carbocycles. The van der Waals surface area contributed by atoms with Crippen LogP contribution in [0.5, 0.6) is 0 Å². The Morgan fingerprint density at radius 1 is 0.288 bits per heavy atom. The zero-order valence-corrected chi connectivity index (χ0v) is 47.6. The van der Waals surface area contributed by atoms with Gasteiger partial charge in [0.2, 0.25) is 0 Å². The second-order valence-electron chi connectivity index (χ2n) is 19.9. The average molecular weight is 1010 g/mol. The van der Waals surface area contributed by atoms with E-state index in [9.17, 15) is 14.4 Å². The van der Waals surface area contributed by atoms with Crippen molar-refractivity contribution in [1.82, 2.24) is 0 Å². The van der Waals surface area contributed by atoms with Gasteiger partial charge in [-0.25, -0.2) is 0 Å². The average Bonchev–Trinajstić information content (AvgIpc) is 3.39. The zero-order valence-electron chi connectivity index (χ0n) is 47.6. The maximum absolute atomic E-state index is 12.9. The molecule has 0 heterocycles. The quantitative estimate of drug-likeness (QED) is 0.0261. The van der Waals surface area contributed by atoms with E-state index in [2.05, 4.69) is 130 Å². The predicted octanol–water partition coefficient (Wildman–Crippen LogP) is 20.7. The van der Waals surface area contributed by atoms with Crippen LogP contribution >= 0.6 is 0 Å². The molecule has 73 heavy (non-hydrogen) atoms. The summed E-state index contributed by atoms with van der Waals surface area (Å²) in [6.45, 7) is 6.46. The molecule has 0 amide bonds. The first-order valence-electron chi connectivity index (χ1n) is 30.4. The van der Waals surface area contributed by atoms with Crippen LogP contribution in [0, 0.1) is 0 Å². The Bertz CT molecular complexity index is 1490. The molecule has 0 unspecified atom stereocenters. The van der Waals surface area contributed by atoms with E-state index in [4.69, 9.17) is 14.2 Å². The molecule has 6 nitrogen and oxygen atoms in total. The molecule has 0 radical (unpaired) electrons. The van der Waals surface area contributed by atoms with Crippen molar-refractivity contribution in [2.75, 3.05) is 13.2 Å². The highest BCUT2D eigenvalue weighted by Crippen LogP contribution is 2.14. The normalized spacial score (nSPS) is 12.9. The lowest BCUT2D eigenvalue weighted by Crippen LogP contribution is -2.30. The van der Waals surface area contributed by atoms with Crippen molar-refractivity contribution in [3.63, 3.8) is 0 Å². The minimum absolute atomic E-state index is 0.109. The Balaban J connectivity index is 4.52. The molecule has 6 heteroatoms. The molecule has 0 bridgehead atoms. The second-order valence-corrected chi connectivity index (χ2v) is 19.9. The van der Waals surface area contributed by atoms with Gasteiger partial charge in [-0.2, -0.15) is 0 Å².